The highest BCUT2D eigenvalue weighted by Crippen LogP contribution is 2.30. The van der Waals surface area contributed by atoms with E-state index in [0.717, 1.165) is 37.9 Å². The molecule has 2 fully saturated rings. The first-order valence-corrected chi connectivity index (χ1v) is 8.56. The Hall–Kier alpha value is -0.910. The van der Waals surface area contributed by atoms with Crippen LogP contribution in [0.15, 0.2) is 0 Å². The van der Waals surface area contributed by atoms with E-state index in [1.165, 1.54) is 0 Å². The molecule has 6 heteroatoms. The predicted molar refractivity (Wildman–Crippen MR) is 80.0 cm³/mol. The summed E-state index contributed by atoms with van der Waals surface area (Å²) in [5, 5.41) is 15.6. The zero-order valence-electron chi connectivity index (χ0n) is 11.9. The van der Waals surface area contributed by atoms with Crippen molar-refractivity contribution in [3.63, 3.8) is 0 Å². The summed E-state index contributed by atoms with van der Waals surface area (Å²) >= 11 is 1.96. The van der Waals surface area contributed by atoms with Gasteiger partial charge in [0.25, 0.3) is 0 Å². The Kier molecular flexibility index (Phi) is 5.57. The zero-order chi connectivity index (χ0) is 14.5. The minimum Gasteiger partial charge on any atom is -0.481 e. The van der Waals surface area contributed by atoms with Crippen LogP contribution in [0.4, 0.5) is 4.79 Å². The van der Waals surface area contributed by atoms with E-state index in [4.69, 9.17) is 5.11 Å². The van der Waals surface area contributed by atoms with E-state index in [9.17, 15) is 9.59 Å². The first kappa shape index (κ1) is 15.5. The molecule has 2 amide bonds. The molecule has 3 N–H and O–H groups in total. The molecule has 2 rings (SSSR count). The summed E-state index contributed by atoms with van der Waals surface area (Å²) in [6.07, 6.45) is 5.52. The lowest BCUT2D eigenvalue weighted by Gasteiger charge is -2.20. The molecule has 2 aliphatic rings. The zero-order valence-corrected chi connectivity index (χ0v) is 12.7. The Bertz CT molecular complexity index is 364. The second-order valence-electron chi connectivity index (χ2n) is 5.69. The Morgan fingerprint density at radius 2 is 2.00 bits per heavy atom. The Labute approximate surface area is 124 Å². The first-order valence-electron chi connectivity index (χ1n) is 7.51. The molecule has 5 nitrogen and oxygen atoms in total. The third-order valence-corrected chi connectivity index (χ3v) is 5.50. The van der Waals surface area contributed by atoms with Crippen molar-refractivity contribution in [2.45, 2.75) is 62.8 Å². The van der Waals surface area contributed by atoms with E-state index < -0.39 is 11.9 Å². The van der Waals surface area contributed by atoms with Crippen molar-refractivity contribution in [1.29, 1.82) is 0 Å². The predicted octanol–water partition coefficient (Wildman–Crippen LogP) is 2.21. The van der Waals surface area contributed by atoms with Crippen LogP contribution < -0.4 is 10.6 Å². The summed E-state index contributed by atoms with van der Waals surface area (Å²) < 4.78 is 0. The number of urea groups is 1. The molecule has 4 unspecified atom stereocenters. The van der Waals surface area contributed by atoms with E-state index in [0.29, 0.717) is 11.7 Å². The molecule has 0 aromatic carbocycles. The molecular formula is C14H24N2O3S. The fraction of sp³-hybridized carbons (Fsp3) is 0.857. The van der Waals surface area contributed by atoms with Crippen LogP contribution in [0.25, 0.3) is 0 Å². The fourth-order valence-electron chi connectivity index (χ4n) is 3.28. The van der Waals surface area contributed by atoms with Gasteiger partial charge in [0.05, 0.1) is 5.92 Å². The smallest absolute Gasteiger partial charge is 0.315 e. The lowest BCUT2D eigenvalue weighted by atomic mass is 10.0. The second-order valence-corrected chi connectivity index (χ2v) is 7.26. The topological polar surface area (TPSA) is 78.4 Å². The summed E-state index contributed by atoms with van der Waals surface area (Å²) in [5.41, 5.74) is 0. The van der Waals surface area contributed by atoms with Crippen molar-refractivity contribution in [2.75, 3.05) is 5.75 Å². The number of carbonyl (C=O) groups is 2. The van der Waals surface area contributed by atoms with E-state index in [2.05, 4.69) is 17.6 Å². The number of hydrogen-bond donors (Lipinski definition) is 3. The van der Waals surface area contributed by atoms with Gasteiger partial charge in [0.15, 0.2) is 0 Å². The molecule has 114 valence electrons. The number of carboxylic acid groups (broad SMARTS) is 1. The highest BCUT2D eigenvalue weighted by atomic mass is 32.2. The van der Waals surface area contributed by atoms with Gasteiger partial charge in [-0.1, -0.05) is 13.3 Å². The number of hydrogen-bond acceptors (Lipinski definition) is 3. The Balaban J connectivity index is 1.74. The van der Waals surface area contributed by atoms with Crippen molar-refractivity contribution < 1.29 is 14.7 Å². The van der Waals surface area contributed by atoms with E-state index in [1.54, 1.807) is 0 Å². The normalized spacial score (nSPS) is 33.0. The SMILES string of the molecule is CCSC1CCC(NC(=O)NC2CCCC2C(=O)O)C1. The van der Waals surface area contributed by atoms with Gasteiger partial charge in [-0.25, -0.2) is 4.79 Å². The standard InChI is InChI=1S/C14H24N2O3S/c1-2-20-10-7-6-9(8-10)15-14(19)16-12-5-3-4-11(12)13(17)18/h9-12H,2-8H2,1H3,(H,17,18)(H2,15,16,19). The van der Waals surface area contributed by atoms with Crippen molar-refractivity contribution in [1.82, 2.24) is 10.6 Å². The molecular weight excluding hydrogens is 276 g/mol. The van der Waals surface area contributed by atoms with Crippen molar-refractivity contribution in [2.24, 2.45) is 5.92 Å². The highest BCUT2D eigenvalue weighted by Gasteiger charge is 2.34. The van der Waals surface area contributed by atoms with Gasteiger partial charge in [0.2, 0.25) is 0 Å². The molecule has 0 aromatic rings. The molecule has 0 aliphatic heterocycles. The number of aliphatic carboxylic acids is 1. The minimum absolute atomic E-state index is 0.199. The second kappa shape index (κ2) is 7.20. The Morgan fingerprint density at radius 1 is 1.20 bits per heavy atom. The van der Waals surface area contributed by atoms with Gasteiger partial charge in [-0.05, 0) is 37.9 Å². The number of thioether (sulfide) groups is 1. The number of nitrogens with one attached hydrogen (secondary N) is 2. The lowest BCUT2D eigenvalue weighted by molar-refractivity contribution is -0.142. The summed E-state index contributed by atoms with van der Waals surface area (Å²) in [6.45, 7) is 2.16. The van der Waals surface area contributed by atoms with Crippen LogP contribution in [0.1, 0.15) is 45.4 Å². The van der Waals surface area contributed by atoms with Crippen LogP contribution in [-0.4, -0.2) is 40.2 Å². The van der Waals surface area contributed by atoms with Gasteiger partial charge in [0.1, 0.15) is 0 Å². The van der Waals surface area contributed by atoms with Gasteiger partial charge < -0.3 is 15.7 Å². The minimum atomic E-state index is -0.798. The molecule has 0 saturated heterocycles. The molecule has 0 spiro atoms. The van der Waals surface area contributed by atoms with Crippen LogP contribution in [0.5, 0.6) is 0 Å². The third-order valence-electron chi connectivity index (χ3n) is 4.27. The molecule has 0 heterocycles. The van der Waals surface area contributed by atoms with E-state index >= 15 is 0 Å². The van der Waals surface area contributed by atoms with Crippen LogP contribution in [0.3, 0.4) is 0 Å². The van der Waals surface area contributed by atoms with Crippen molar-refractivity contribution in [3.05, 3.63) is 0 Å². The van der Waals surface area contributed by atoms with Gasteiger partial charge in [-0.3, -0.25) is 4.79 Å². The van der Waals surface area contributed by atoms with Gasteiger partial charge >= 0.3 is 12.0 Å². The van der Waals surface area contributed by atoms with Crippen molar-refractivity contribution in [3.8, 4) is 0 Å². The quantitative estimate of drug-likeness (QED) is 0.727. The van der Waals surface area contributed by atoms with Crippen LogP contribution in [0, 0.1) is 5.92 Å². The fourth-order valence-corrected chi connectivity index (χ4v) is 4.42. The third kappa shape index (κ3) is 4.04. The van der Waals surface area contributed by atoms with Gasteiger partial charge in [-0.15, -0.1) is 0 Å². The number of carboxylic acids is 1. The molecule has 2 saturated carbocycles. The van der Waals surface area contributed by atoms with Gasteiger partial charge in [0, 0.05) is 17.3 Å². The maximum Gasteiger partial charge on any atom is 0.315 e. The molecule has 0 bridgehead atoms. The van der Waals surface area contributed by atoms with Gasteiger partial charge in [-0.2, -0.15) is 11.8 Å². The van der Waals surface area contributed by atoms with E-state index in [1.807, 2.05) is 11.8 Å². The number of amides is 2. The maximum atomic E-state index is 12.0. The summed E-state index contributed by atoms with van der Waals surface area (Å²) in [5.74, 6) is -0.104. The van der Waals surface area contributed by atoms with Crippen LogP contribution in [-0.2, 0) is 4.79 Å². The monoisotopic (exact) mass is 300 g/mol. The average molecular weight is 300 g/mol. The molecule has 0 aromatic heterocycles. The first-order chi connectivity index (χ1) is 9.60. The molecule has 20 heavy (non-hydrogen) atoms. The molecule has 4 atom stereocenters. The number of carbonyl (C=O) groups excluding carboxylic acids is 1. The summed E-state index contributed by atoms with van der Waals surface area (Å²) in [7, 11) is 0. The largest absolute Gasteiger partial charge is 0.481 e. The van der Waals surface area contributed by atoms with Crippen molar-refractivity contribution >= 4 is 23.8 Å². The maximum absolute atomic E-state index is 12.0. The summed E-state index contributed by atoms with van der Waals surface area (Å²) in [4.78, 5) is 23.0. The highest BCUT2D eigenvalue weighted by molar-refractivity contribution is 7.99. The molecule has 0 radical (unpaired) electrons. The average Bonchev–Trinajstić information content (AvgIpc) is 2.99. The summed E-state index contributed by atoms with van der Waals surface area (Å²) in [6, 6.07) is -0.172. The number of rotatable bonds is 5. The molecule has 2 aliphatic carbocycles. The lowest BCUT2D eigenvalue weighted by Crippen LogP contribution is -2.48. The van der Waals surface area contributed by atoms with Crippen LogP contribution in [0.2, 0.25) is 0 Å². The van der Waals surface area contributed by atoms with Crippen LogP contribution >= 0.6 is 11.8 Å². The van der Waals surface area contributed by atoms with E-state index in [-0.39, 0.29) is 18.1 Å². The Morgan fingerprint density at radius 3 is 2.70 bits per heavy atom.